The molecule has 3 rings (SSSR count). The largest absolute Gasteiger partial charge is 0.367 e. The molecule has 0 spiro atoms. The van der Waals surface area contributed by atoms with E-state index < -0.39 is 0 Å². The summed E-state index contributed by atoms with van der Waals surface area (Å²) in [6.45, 7) is 11.5. The first kappa shape index (κ1) is 18.0. The van der Waals surface area contributed by atoms with Crippen LogP contribution in [0.15, 0.2) is 42.6 Å². The van der Waals surface area contributed by atoms with Crippen LogP contribution >= 0.6 is 0 Å². The second-order valence-corrected chi connectivity index (χ2v) is 7.90. The van der Waals surface area contributed by atoms with Gasteiger partial charge in [-0.2, -0.15) is 0 Å². The second-order valence-electron chi connectivity index (χ2n) is 7.90. The summed E-state index contributed by atoms with van der Waals surface area (Å²) >= 11 is 0. The Morgan fingerprint density at radius 1 is 1.12 bits per heavy atom. The molecular formula is C21H29N3O. The number of hydrogen-bond acceptors (Lipinski definition) is 4. The zero-order valence-corrected chi connectivity index (χ0v) is 15.8. The maximum absolute atomic E-state index is 6.48. The summed E-state index contributed by atoms with van der Waals surface area (Å²) in [5, 5.41) is 0. The Morgan fingerprint density at radius 3 is 2.56 bits per heavy atom. The SMILES string of the molecule is CCc1nccc(CN2C[C@@H](c3ccccc3)O[C@@H](C(C)(C)C)C2)n1. The molecule has 0 aliphatic carbocycles. The summed E-state index contributed by atoms with van der Waals surface area (Å²) in [6.07, 6.45) is 3.04. The average Bonchev–Trinajstić information content (AvgIpc) is 2.61. The molecule has 1 aromatic heterocycles. The minimum atomic E-state index is 0.103. The monoisotopic (exact) mass is 339 g/mol. The normalized spacial score (nSPS) is 22.1. The van der Waals surface area contributed by atoms with E-state index >= 15 is 0 Å². The number of aromatic nitrogens is 2. The van der Waals surface area contributed by atoms with Gasteiger partial charge in [0.05, 0.1) is 17.9 Å². The molecule has 134 valence electrons. The first-order valence-electron chi connectivity index (χ1n) is 9.19. The molecule has 2 atom stereocenters. The van der Waals surface area contributed by atoms with Crippen molar-refractivity contribution in [2.45, 2.75) is 52.9 Å². The molecule has 0 unspecified atom stereocenters. The minimum Gasteiger partial charge on any atom is -0.367 e. The zero-order valence-electron chi connectivity index (χ0n) is 15.8. The van der Waals surface area contributed by atoms with Crippen LogP contribution in [0.1, 0.15) is 50.9 Å². The number of rotatable bonds is 4. The maximum Gasteiger partial charge on any atom is 0.128 e. The van der Waals surface area contributed by atoms with Crippen molar-refractivity contribution in [2.24, 2.45) is 5.41 Å². The fraction of sp³-hybridized carbons (Fsp3) is 0.524. The second kappa shape index (κ2) is 7.63. The van der Waals surface area contributed by atoms with Crippen molar-refractivity contribution in [1.82, 2.24) is 14.9 Å². The molecule has 0 N–H and O–H groups in total. The molecule has 0 radical (unpaired) electrons. The van der Waals surface area contributed by atoms with Crippen LogP contribution in [-0.2, 0) is 17.7 Å². The molecule has 1 aromatic carbocycles. The van der Waals surface area contributed by atoms with Crippen molar-refractivity contribution in [3.05, 3.63) is 59.7 Å². The summed E-state index contributed by atoms with van der Waals surface area (Å²) in [6, 6.07) is 12.6. The lowest BCUT2D eigenvalue weighted by atomic mass is 9.87. The Hall–Kier alpha value is -1.78. The van der Waals surface area contributed by atoms with Crippen molar-refractivity contribution >= 4 is 0 Å². The third-order valence-corrected chi connectivity index (χ3v) is 4.78. The van der Waals surface area contributed by atoms with Crippen LogP contribution in [0.25, 0.3) is 0 Å². The molecule has 2 heterocycles. The third kappa shape index (κ3) is 4.65. The van der Waals surface area contributed by atoms with Crippen LogP contribution in [0.4, 0.5) is 0 Å². The fourth-order valence-electron chi connectivity index (χ4n) is 3.22. The summed E-state index contributed by atoms with van der Waals surface area (Å²) in [5.74, 6) is 0.915. The van der Waals surface area contributed by atoms with Gasteiger partial charge in [0, 0.05) is 32.3 Å². The van der Waals surface area contributed by atoms with Gasteiger partial charge in [0.1, 0.15) is 5.82 Å². The number of hydrogen-bond donors (Lipinski definition) is 0. The molecule has 25 heavy (non-hydrogen) atoms. The number of morpholine rings is 1. The average molecular weight is 339 g/mol. The highest BCUT2D eigenvalue weighted by Crippen LogP contribution is 2.33. The fourth-order valence-corrected chi connectivity index (χ4v) is 3.22. The lowest BCUT2D eigenvalue weighted by Gasteiger charge is -2.43. The molecule has 4 heteroatoms. The molecular weight excluding hydrogens is 310 g/mol. The first-order valence-corrected chi connectivity index (χ1v) is 9.19. The lowest BCUT2D eigenvalue weighted by Crippen LogP contribution is -2.48. The Bertz CT molecular complexity index is 681. The standard InChI is InChI=1S/C21H29N3O/c1-5-20-22-12-11-17(23-20)13-24-14-18(16-9-7-6-8-10-16)25-19(15-24)21(2,3)4/h6-12,18-19H,5,13-15H2,1-4H3/t18-,19+/m0/s1. The number of ether oxygens (including phenoxy) is 1. The van der Waals surface area contributed by atoms with E-state index in [1.165, 1.54) is 5.56 Å². The van der Waals surface area contributed by atoms with Gasteiger partial charge in [-0.1, -0.05) is 58.0 Å². The van der Waals surface area contributed by atoms with E-state index in [2.05, 4.69) is 72.9 Å². The van der Waals surface area contributed by atoms with Gasteiger partial charge in [-0.25, -0.2) is 9.97 Å². The van der Waals surface area contributed by atoms with Gasteiger partial charge in [0.2, 0.25) is 0 Å². The van der Waals surface area contributed by atoms with Crippen molar-refractivity contribution in [2.75, 3.05) is 13.1 Å². The Kier molecular flexibility index (Phi) is 5.50. The van der Waals surface area contributed by atoms with Gasteiger partial charge in [-0.3, -0.25) is 4.90 Å². The quantitative estimate of drug-likeness (QED) is 0.843. The Balaban J connectivity index is 1.79. The highest BCUT2D eigenvalue weighted by atomic mass is 16.5. The number of benzene rings is 1. The molecule has 4 nitrogen and oxygen atoms in total. The molecule has 0 amide bonds. The van der Waals surface area contributed by atoms with Crippen molar-refractivity contribution < 1.29 is 4.74 Å². The smallest absolute Gasteiger partial charge is 0.128 e. The highest BCUT2D eigenvalue weighted by Gasteiger charge is 2.35. The zero-order chi connectivity index (χ0) is 17.9. The summed E-state index contributed by atoms with van der Waals surface area (Å²) in [4.78, 5) is 11.5. The number of nitrogens with zero attached hydrogens (tertiary/aromatic N) is 3. The van der Waals surface area contributed by atoms with Crippen LogP contribution in [0.2, 0.25) is 0 Å². The molecule has 2 aromatic rings. The lowest BCUT2D eigenvalue weighted by molar-refractivity contribution is -0.131. The molecule has 1 aliphatic rings. The van der Waals surface area contributed by atoms with E-state index in [-0.39, 0.29) is 17.6 Å². The third-order valence-electron chi connectivity index (χ3n) is 4.78. The van der Waals surface area contributed by atoms with E-state index in [1.54, 1.807) is 0 Å². The molecule has 1 aliphatic heterocycles. The van der Waals surface area contributed by atoms with E-state index in [0.29, 0.717) is 0 Å². The van der Waals surface area contributed by atoms with Gasteiger partial charge < -0.3 is 4.74 Å². The summed E-state index contributed by atoms with van der Waals surface area (Å²) < 4.78 is 6.48. The van der Waals surface area contributed by atoms with Crippen LogP contribution in [0.3, 0.4) is 0 Å². The molecule has 1 fully saturated rings. The van der Waals surface area contributed by atoms with Crippen LogP contribution in [0.5, 0.6) is 0 Å². The van der Waals surface area contributed by atoms with Crippen molar-refractivity contribution in [1.29, 1.82) is 0 Å². The summed E-state index contributed by atoms with van der Waals surface area (Å²) in [7, 11) is 0. The van der Waals surface area contributed by atoms with Gasteiger partial charge in [0.25, 0.3) is 0 Å². The van der Waals surface area contributed by atoms with Gasteiger partial charge in [-0.15, -0.1) is 0 Å². The highest BCUT2D eigenvalue weighted by molar-refractivity contribution is 5.19. The topological polar surface area (TPSA) is 38.2 Å². The predicted molar refractivity (Wildman–Crippen MR) is 100 cm³/mol. The van der Waals surface area contributed by atoms with Crippen molar-refractivity contribution in [3.8, 4) is 0 Å². The molecule has 1 saturated heterocycles. The molecule has 0 bridgehead atoms. The van der Waals surface area contributed by atoms with Crippen LogP contribution in [0, 0.1) is 5.41 Å². The van der Waals surface area contributed by atoms with E-state index in [0.717, 1.165) is 37.6 Å². The van der Waals surface area contributed by atoms with E-state index in [9.17, 15) is 0 Å². The predicted octanol–water partition coefficient (Wildman–Crippen LogP) is 4.03. The first-order chi connectivity index (χ1) is 12.0. The minimum absolute atomic E-state index is 0.103. The van der Waals surface area contributed by atoms with Crippen LogP contribution < -0.4 is 0 Å². The maximum atomic E-state index is 6.48. The summed E-state index contributed by atoms with van der Waals surface area (Å²) in [5.41, 5.74) is 2.44. The van der Waals surface area contributed by atoms with Gasteiger partial charge >= 0.3 is 0 Å². The van der Waals surface area contributed by atoms with E-state index in [1.807, 2.05) is 12.3 Å². The van der Waals surface area contributed by atoms with Crippen molar-refractivity contribution in [3.63, 3.8) is 0 Å². The Morgan fingerprint density at radius 2 is 1.88 bits per heavy atom. The molecule has 0 saturated carbocycles. The van der Waals surface area contributed by atoms with Gasteiger partial charge in [0.15, 0.2) is 0 Å². The Labute approximate surface area is 151 Å². The van der Waals surface area contributed by atoms with E-state index in [4.69, 9.17) is 4.74 Å². The van der Waals surface area contributed by atoms with Gasteiger partial charge in [-0.05, 0) is 17.0 Å². The number of aryl methyl sites for hydroxylation is 1. The van der Waals surface area contributed by atoms with Crippen LogP contribution in [-0.4, -0.2) is 34.1 Å².